The van der Waals surface area contributed by atoms with Crippen LogP contribution in [0.1, 0.15) is 12.8 Å². The molecule has 1 fully saturated rings. The Kier molecular flexibility index (Phi) is 3.73. The van der Waals surface area contributed by atoms with Gasteiger partial charge in [0.05, 0.1) is 0 Å². The molecule has 1 aliphatic rings. The predicted octanol–water partition coefficient (Wildman–Crippen LogP) is 3.16. The van der Waals surface area contributed by atoms with Crippen LogP contribution in [0, 0.1) is 0 Å². The van der Waals surface area contributed by atoms with Gasteiger partial charge in [0, 0.05) is 28.3 Å². The van der Waals surface area contributed by atoms with E-state index in [1.165, 1.54) is 12.8 Å². The fourth-order valence-electron chi connectivity index (χ4n) is 1.83. The van der Waals surface area contributed by atoms with Gasteiger partial charge in [-0.1, -0.05) is 23.2 Å². The lowest BCUT2D eigenvalue weighted by molar-refractivity contribution is 0.633. The van der Waals surface area contributed by atoms with Crippen LogP contribution in [0.2, 0.25) is 10.0 Å². The van der Waals surface area contributed by atoms with E-state index in [2.05, 4.69) is 10.6 Å². The van der Waals surface area contributed by atoms with Crippen LogP contribution in [-0.2, 0) is 0 Å². The Morgan fingerprint density at radius 3 is 2.60 bits per heavy atom. The van der Waals surface area contributed by atoms with Gasteiger partial charge in [-0.3, -0.25) is 0 Å². The quantitative estimate of drug-likeness (QED) is 0.854. The van der Waals surface area contributed by atoms with Crippen molar-refractivity contribution < 1.29 is 0 Å². The summed E-state index contributed by atoms with van der Waals surface area (Å²) in [6.07, 6.45) is 2.50. The minimum absolute atomic E-state index is 0.572. The number of hydrogen-bond donors (Lipinski definition) is 2. The van der Waals surface area contributed by atoms with Gasteiger partial charge < -0.3 is 10.6 Å². The molecule has 1 atom stereocenters. The molecule has 2 nitrogen and oxygen atoms in total. The Bertz CT molecular complexity index is 315. The van der Waals surface area contributed by atoms with Crippen molar-refractivity contribution in [1.82, 2.24) is 5.32 Å². The molecule has 1 unspecified atom stereocenters. The Hall–Kier alpha value is -0.440. The molecule has 82 valence electrons. The number of rotatable bonds is 3. The van der Waals surface area contributed by atoms with Crippen LogP contribution < -0.4 is 10.6 Å². The molecule has 1 saturated heterocycles. The second kappa shape index (κ2) is 5.06. The standard InChI is InChI=1S/C11H14Cl2N2/c12-8-4-9(13)6-11(5-8)15-7-10-2-1-3-14-10/h4-6,10,14-15H,1-3,7H2. The molecule has 1 aromatic rings. The molecule has 0 amide bonds. The molecule has 0 saturated carbocycles. The molecule has 0 spiro atoms. The smallest absolute Gasteiger partial charge is 0.0441 e. The van der Waals surface area contributed by atoms with E-state index in [4.69, 9.17) is 23.2 Å². The van der Waals surface area contributed by atoms with Gasteiger partial charge in [-0.15, -0.1) is 0 Å². The zero-order valence-electron chi connectivity index (χ0n) is 8.39. The van der Waals surface area contributed by atoms with E-state index in [9.17, 15) is 0 Å². The summed E-state index contributed by atoms with van der Waals surface area (Å²) < 4.78 is 0. The minimum Gasteiger partial charge on any atom is -0.383 e. The summed E-state index contributed by atoms with van der Waals surface area (Å²) in [6, 6.07) is 6.09. The van der Waals surface area contributed by atoms with Crippen molar-refractivity contribution in [2.24, 2.45) is 0 Å². The van der Waals surface area contributed by atoms with Crippen LogP contribution in [0.4, 0.5) is 5.69 Å². The van der Waals surface area contributed by atoms with Gasteiger partial charge in [-0.2, -0.15) is 0 Å². The molecule has 2 N–H and O–H groups in total. The van der Waals surface area contributed by atoms with E-state index in [0.717, 1.165) is 18.8 Å². The van der Waals surface area contributed by atoms with E-state index in [-0.39, 0.29) is 0 Å². The van der Waals surface area contributed by atoms with Crippen molar-refractivity contribution in [3.05, 3.63) is 28.2 Å². The highest BCUT2D eigenvalue weighted by molar-refractivity contribution is 6.35. The van der Waals surface area contributed by atoms with Crippen molar-refractivity contribution in [1.29, 1.82) is 0 Å². The van der Waals surface area contributed by atoms with Gasteiger partial charge in [0.1, 0.15) is 0 Å². The molecular formula is C11H14Cl2N2. The third-order valence-corrected chi connectivity index (χ3v) is 3.01. The third-order valence-electron chi connectivity index (χ3n) is 2.58. The molecule has 0 aromatic heterocycles. The highest BCUT2D eigenvalue weighted by atomic mass is 35.5. The maximum atomic E-state index is 5.91. The van der Waals surface area contributed by atoms with Crippen molar-refractivity contribution in [2.75, 3.05) is 18.4 Å². The van der Waals surface area contributed by atoms with E-state index < -0.39 is 0 Å². The van der Waals surface area contributed by atoms with E-state index in [0.29, 0.717) is 16.1 Å². The first-order valence-corrected chi connectivity index (χ1v) is 5.93. The second-order valence-electron chi connectivity index (χ2n) is 3.83. The van der Waals surface area contributed by atoms with Crippen molar-refractivity contribution in [3.63, 3.8) is 0 Å². The monoisotopic (exact) mass is 244 g/mol. The molecule has 1 heterocycles. The molecule has 1 aliphatic heterocycles. The fourth-order valence-corrected chi connectivity index (χ4v) is 2.35. The summed E-state index contributed by atoms with van der Waals surface area (Å²) in [5.74, 6) is 0. The average Bonchev–Trinajstić information content (AvgIpc) is 2.65. The lowest BCUT2D eigenvalue weighted by atomic mass is 10.2. The van der Waals surface area contributed by atoms with E-state index in [1.54, 1.807) is 6.07 Å². The highest BCUT2D eigenvalue weighted by Gasteiger charge is 2.13. The summed E-state index contributed by atoms with van der Waals surface area (Å²) in [6.45, 7) is 2.05. The topological polar surface area (TPSA) is 24.1 Å². The van der Waals surface area contributed by atoms with Gasteiger partial charge in [0.2, 0.25) is 0 Å². The van der Waals surface area contributed by atoms with Crippen LogP contribution >= 0.6 is 23.2 Å². The number of nitrogens with one attached hydrogen (secondary N) is 2. The molecule has 0 bridgehead atoms. The van der Waals surface area contributed by atoms with Crippen LogP contribution in [0.15, 0.2) is 18.2 Å². The minimum atomic E-state index is 0.572. The Morgan fingerprint density at radius 1 is 1.27 bits per heavy atom. The molecule has 1 aromatic carbocycles. The SMILES string of the molecule is Clc1cc(Cl)cc(NCC2CCCN2)c1. The zero-order chi connectivity index (χ0) is 10.7. The number of anilines is 1. The van der Waals surface area contributed by atoms with Crippen LogP contribution in [0.25, 0.3) is 0 Å². The Labute approximate surface area is 100.0 Å². The number of hydrogen-bond acceptors (Lipinski definition) is 2. The van der Waals surface area contributed by atoms with Gasteiger partial charge in [0.25, 0.3) is 0 Å². The summed E-state index contributed by atoms with van der Waals surface area (Å²) in [5, 5.41) is 8.11. The molecule has 15 heavy (non-hydrogen) atoms. The van der Waals surface area contributed by atoms with Crippen LogP contribution in [-0.4, -0.2) is 19.1 Å². The fraction of sp³-hybridized carbons (Fsp3) is 0.455. The van der Waals surface area contributed by atoms with Gasteiger partial charge >= 0.3 is 0 Å². The van der Waals surface area contributed by atoms with E-state index >= 15 is 0 Å². The molecule has 0 radical (unpaired) electrons. The molecule has 0 aliphatic carbocycles. The maximum absolute atomic E-state index is 5.91. The zero-order valence-corrected chi connectivity index (χ0v) is 9.91. The summed E-state index contributed by atoms with van der Waals surface area (Å²) in [5.41, 5.74) is 0.987. The predicted molar refractivity (Wildman–Crippen MR) is 66.0 cm³/mol. The Balaban J connectivity index is 1.92. The van der Waals surface area contributed by atoms with Crippen molar-refractivity contribution >= 4 is 28.9 Å². The number of benzene rings is 1. The highest BCUT2D eigenvalue weighted by Crippen LogP contribution is 2.22. The maximum Gasteiger partial charge on any atom is 0.0441 e. The van der Waals surface area contributed by atoms with Gasteiger partial charge in [-0.25, -0.2) is 0 Å². The normalized spacial score (nSPS) is 20.5. The largest absolute Gasteiger partial charge is 0.383 e. The second-order valence-corrected chi connectivity index (χ2v) is 4.71. The molecule has 2 rings (SSSR count). The first-order valence-electron chi connectivity index (χ1n) is 5.17. The summed E-state index contributed by atoms with van der Waals surface area (Å²) >= 11 is 11.8. The first kappa shape index (κ1) is 11.1. The van der Waals surface area contributed by atoms with Gasteiger partial charge in [-0.05, 0) is 37.6 Å². The third kappa shape index (κ3) is 3.26. The van der Waals surface area contributed by atoms with Crippen molar-refractivity contribution in [2.45, 2.75) is 18.9 Å². The summed E-state index contributed by atoms with van der Waals surface area (Å²) in [4.78, 5) is 0. The lowest BCUT2D eigenvalue weighted by Gasteiger charge is -2.12. The van der Waals surface area contributed by atoms with Crippen LogP contribution in [0.5, 0.6) is 0 Å². The summed E-state index contributed by atoms with van der Waals surface area (Å²) in [7, 11) is 0. The number of halogens is 2. The van der Waals surface area contributed by atoms with Crippen molar-refractivity contribution in [3.8, 4) is 0 Å². The molecular weight excluding hydrogens is 231 g/mol. The Morgan fingerprint density at radius 2 is 2.00 bits per heavy atom. The van der Waals surface area contributed by atoms with Crippen LogP contribution in [0.3, 0.4) is 0 Å². The lowest BCUT2D eigenvalue weighted by Crippen LogP contribution is -2.29. The first-order chi connectivity index (χ1) is 7.24. The molecule has 4 heteroatoms. The van der Waals surface area contributed by atoms with Gasteiger partial charge in [0.15, 0.2) is 0 Å². The average molecular weight is 245 g/mol. The van der Waals surface area contributed by atoms with E-state index in [1.807, 2.05) is 12.1 Å².